The molecule has 4 nitrogen and oxygen atoms in total. The summed E-state index contributed by atoms with van der Waals surface area (Å²) in [7, 11) is 1.21. The van der Waals surface area contributed by atoms with Gasteiger partial charge >= 0.3 is 5.97 Å². The number of β-amino-alcohol motifs (C(OH)–C–C–N with tert-alkyl or cyclic N) is 1. The van der Waals surface area contributed by atoms with E-state index in [4.69, 9.17) is 0 Å². The molecule has 1 aliphatic rings. The van der Waals surface area contributed by atoms with Gasteiger partial charge in [0.15, 0.2) is 0 Å². The van der Waals surface area contributed by atoms with Gasteiger partial charge in [0.25, 0.3) is 5.92 Å². The minimum atomic E-state index is -3.09. The van der Waals surface area contributed by atoms with Gasteiger partial charge in [-0.25, -0.2) is 0 Å². The molecule has 20 heavy (non-hydrogen) atoms. The Labute approximate surface area is 116 Å². The zero-order valence-corrected chi connectivity index (χ0v) is 11.1. The SMILES string of the molecule is COC(=O)C1CC(O)CN1CC(F)(F)c1ccccc1. The van der Waals surface area contributed by atoms with Gasteiger partial charge in [0, 0.05) is 18.5 Å². The molecule has 1 heterocycles. The Hall–Kier alpha value is -1.53. The molecule has 1 fully saturated rings. The fourth-order valence-electron chi connectivity index (χ4n) is 2.46. The van der Waals surface area contributed by atoms with E-state index in [-0.39, 0.29) is 18.5 Å². The van der Waals surface area contributed by atoms with E-state index in [0.717, 1.165) is 0 Å². The number of rotatable bonds is 4. The van der Waals surface area contributed by atoms with Gasteiger partial charge in [-0.2, -0.15) is 8.78 Å². The lowest BCUT2D eigenvalue weighted by Crippen LogP contribution is -2.43. The van der Waals surface area contributed by atoms with Crippen LogP contribution >= 0.6 is 0 Å². The maximum Gasteiger partial charge on any atom is 0.323 e. The number of halogens is 2. The van der Waals surface area contributed by atoms with Crippen LogP contribution in [-0.4, -0.2) is 48.3 Å². The number of methoxy groups -OCH3 is 1. The molecule has 1 aliphatic heterocycles. The number of aliphatic hydroxyl groups excluding tert-OH is 1. The molecule has 0 bridgehead atoms. The summed E-state index contributed by atoms with van der Waals surface area (Å²) >= 11 is 0. The Morgan fingerprint density at radius 2 is 2.10 bits per heavy atom. The lowest BCUT2D eigenvalue weighted by Gasteiger charge is -2.27. The number of carbonyl (C=O) groups excluding carboxylic acids is 1. The molecule has 0 radical (unpaired) electrons. The molecule has 2 rings (SSSR count). The monoisotopic (exact) mass is 285 g/mol. The van der Waals surface area contributed by atoms with Crippen molar-refractivity contribution in [2.24, 2.45) is 0 Å². The Balaban J connectivity index is 2.13. The molecule has 2 atom stereocenters. The lowest BCUT2D eigenvalue weighted by molar-refractivity contribution is -0.147. The van der Waals surface area contributed by atoms with E-state index in [0.29, 0.717) is 0 Å². The zero-order valence-electron chi connectivity index (χ0n) is 11.1. The van der Waals surface area contributed by atoms with E-state index in [1.54, 1.807) is 18.2 Å². The van der Waals surface area contributed by atoms with E-state index in [1.165, 1.54) is 24.1 Å². The summed E-state index contributed by atoms with van der Waals surface area (Å²) in [6.07, 6.45) is -0.664. The molecule has 0 amide bonds. The van der Waals surface area contributed by atoms with Gasteiger partial charge in [-0.1, -0.05) is 30.3 Å². The third kappa shape index (κ3) is 3.13. The van der Waals surface area contributed by atoms with Crippen molar-refractivity contribution in [3.63, 3.8) is 0 Å². The number of ether oxygens (including phenoxy) is 1. The van der Waals surface area contributed by atoms with Crippen LogP contribution in [0.1, 0.15) is 12.0 Å². The molecule has 0 aliphatic carbocycles. The first-order valence-corrected chi connectivity index (χ1v) is 6.37. The van der Waals surface area contributed by atoms with Crippen molar-refractivity contribution in [1.29, 1.82) is 0 Å². The third-order valence-corrected chi connectivity index (χ3v) is 3.45. The Bertz CT molecular complexity index is 467. The number of esters is 1. The van der Waals surface area contributed by atoms with E-state index >= 15 is 0 Å². The van der Waals surface area contributed by atoms with Gasteiger partial charge in [0.1, 0.15) is 6.04 Å². The average molecular weight is 285 g/mol. The molecule has 2 unspecified atom stereocenters. The van der Waals surface area contributed by atoms with Crippen LogP contribution in [0.5, 0.6) is 0 Å². The molecule has 6 heteroatoms. The first-order valence-electron chi connectivity index (χ1n) is 6.37. The topological polar surface area (TPSA) is 49.8 Å². The number of nitrogens with zero attached hydrogens (tertiary/aromatic N) is 1. The highest BCUT2D eigenvalue weighted by Gasteiger charge is 2.43. The van der Waals surface area contributed by atoms with Gasteiger partial charge in [0.05, 0.1) is 19.8 Å². The largest absolute Gasteiger partial charge is 0.468 e. The highest BCUT2D eigenvalue weighted by molar-refractivity contribution is 5.76. The molecule has 110 valence electrons. The minimum absolute atomic E-state index is 0.0438. The van der Waals surface area contributed by atoms with Gasteiger partial charge in [-0.15, -0.1) is 0 Å². The van der Waals surface area contributed by atoms with E-state index in [2.05, 4.69) is 4.74 Å². The lowest BCUT2D eigenvalue weighted by atomic mass is 10.1. The van der Waals surface area contributed by atoms with Crippen molar-refractivity contribution in [2.75, 3.05) is 20.2 Å². The van der Waals surface area contributed by atoms with Crippen molar-refractivity contribution in [3.8, 4) is 0 Å². The molecule has 1 aromatic rings. The second kappa shape index (κ2) is 5.85. The summed E-state index contributed by atoms with van der Waals surface area (Å²) in [4.78, 5) is 12.9. The molecule has 1 aromatic carbocycles. The van der Waals surface area contributed by atoms with Crippen LogP contribution in [0, 0.1) is 0 Å². The van der Waals surface area contributed by atoms with Gasteiger partial charge < -0.3 is 9.84 Å². The number of benzene rings is 1. The predicted molar refractivity (Wildman–Crippen MR) is 68.3 cm³/mol. The van der Waals surface area contributed by atoms with Gasteiger partial charge in [0.2, 0.25) is 0 Å². The van der Waals surface area contributed by atoms with Crippen LogP contribution < -0.4 is 0 Å². The number of likely N-dealkylation sites (tertiary alicyclic amines) is 1. The van der Waals surface area contributed by atoms with Gasteiger partial charge in [-0.3, -0.25) is 9.69 Å². The highest BCUT2D eigenvalue weighted by atomic mass is 19.3. The summed E-state index contributed by atoms with van der Waals surface area (Å²) in [6.45, 7) is -0.573. The Morgan fingerprint density at radius 3 is 2.70 bits per heavy atom. The number of carbonyl (C=O) groups is 1. The summed E-state index contributed by atoms with van der Waals surface area (Å²) in [5, 5.41) is 9.59. The van der Waals surface area contributed by atoms with Crippen molar-refractivity contribution in [2.45, 2.75) is 24.5 Å². The fraction of sp³-hybridized carbons (Fsp3) is 0.500. The number of alkyl halides is 2. The first kappa shape index (κ1) is 14.9. The van der Waals surface area contributed by atoms with Crippen molar-refractivity contribution < 1.29 is 23.4 Å². The summed E-state index contributed by atoms with van der Waals surface area (Å²) in [6, 6.07) is 6.62. The second-order valence-electron chi connectivity index (χ2n) is 4.93. The zero-order chi connectivity index (χ0) is 14.8. The molecular weight excluding hydrogens is 268 g/mol. The van der Waals surface area contributed by atoms with Crippen molar-refractivity contribution >= 4 is 5.97 Å². The quantitative estimate of drug-likeness (QED) is 0.849. The van der Waals surface area contributed by atoms with E-state index in [9.17, 15) is 18.7 Å². The number of hydrogen-bond donors (Lipinski definition) is 1. The molecule has 1 N–H and O–H groups in total. The Kier molecular flexibility index (Phi) is 4.35. The summed E-state index contributed by atoms with van der Waals surface area (Å²) in [5.41, 5.74) is -0.106. The molecule has 0 saturated carbocycles. The molecule has 1 saturated heterocycles. The summed E-state index contributed by atoms with van der Waals surface area (Å²) < 4.78 is 33.0. The number of aliphatic hydroxyl groups is 1. The van der Waals surface area contributed by atoms with Crippen LogP contribution in [0.4, 0.5) is 8.78 Å². The van der Waals surface area contributed by atoms with Crippen LogP contribution in [0.15, 0.2) is 30.3 Å². The normalized spacial score (nSPS) is 23.8. The van der Waals surface area contributed by atoms with Crippen LogP contribution in [0.2, 0.25) is 0 Å². The number of hydrogen-bond acceptors (Lipinski definition) is 4. The Morgan fingerprint density at radius 1 is 1.45 bits per heavy atom. The van der Waals surface area contributed by atoms with Crippen molar-refractivity contribution in [1.82, 2.24) is 4.90 Å². The standard InChI is InChI=1S/C14H17F2NO3/c1-20-13(19)12-7-11(18)8-17(12)9-14(15,16)10-5-3-2-4-6-10/h2-6,11-12,18H,7-9H2,1H3. The van der Waals surface area contributed by atoms with Crippen molar-refractivity contribution in [3.05, 3.63) is 35.9 Å². The molecule has 0 aromatic heterocycles. The molecular formula is C14H17F2NO3. The van der Waals surface area contributed by atoms with Crippen LogP contribution in [-0.2, 0) is 15.5 Å². The predicted octanol–water partition coefficient (Wildman–Crippen LogP) is 1.39. The van der Waals surface area contributed by atoms with E-state index in [1.807, 2.05) is 0 Å². The molecule has 0 spiro atoms. The average Bonchev–Trinajstić information content (AvgIpc) is 2.79. The van der Waals surface area contributed by atoms with E-state index < -0.39 is 30.6 Å². The summed E-state index contributed by atoms with van der Waals surface area (Å²) in [5.74, 6) is -3.68. The van der Waals surface area contributed by atoms with Gasteiger partial charge in [-0.05, 0) is 0 Å². The highest BCUT2D eigenvalue weighted by Crippen LogP contribution is 2.32. The first-order chi connectivity index (χ1) is 9.44. The maximum absolute atomic E-state index is 14.2. The minimum Gasteiger partial charge on any atom is -0.468 e. The van der Waals surface area contributed by atoms with Crippen LogP contribution in [0.3, 0.4) is 0 Å². The third-order valence-electron chi connectivity index (χ3n) is 3.45. The smallest absolute Gasteiger partial charge is 0.323 e. The second-order valence-corrected chi connectivity index (χ2v) is 4.93. The van der Waals surface area contributed by atoms with Crippen LogP contribution in [0.25, 0.3) is 0 Å². The fourth-order valence-corrected chi connectivity index (χ4v) is 2.46. The maximum atomic E-state index is 14.2.